The maximum Gasteiger partial charge on any atom is 0.269 e. The van der Waals surface area contributed by atoms with Crippen LogP contribution in [0.25, 0.3) is 0 Å². The monoisotopic (exact) mass is 482 g/mol. The summed E-state index contributed by atoms with van der Waals surface area (Å²) in [5.74, 6) is 1.56. The van der Waals surface area contributed by atoms with Crippen LogP contribution in [0.3, 0.4) is 0 Å². The quantitative estimate of drug-likeness (QED) is 0.329. The zero-order valence-corrected chi connectivity index (χ0v) is 21.8. The molecular weight excluding hydrogens is 448 g/mol. The molecule has 0 aliphatic carbocycles. The predicted molar refractivity (Wildman–Crippen MR) is 144 cm³/mol. The van der Waals surface area contributed by atoms with E-state index in [0.29, 0.717) is 11.8 Å². The van der Waals surface area contributed by atoms with Crippen LogP contribution in [0.15, 0.2) is 65.4 Å². The first-order valence-electron chi connectivity index (χ1n) is 11.2. The van der Waals surface area contributed by atoms with Crippen molar-refractivity contribution < 1.29 is 9.47 Å². The first-order chi connectivity index (χ1) is 15.7. The largest absolute Gasteiger partial charge is 0.492 e. The molecule has 0 unspecified atom stereocenters. The number of benzene rings is 2. The Labute approximate surface area is 207 Å². The standard InChI is InChI=1S/C27H34N2O2S2/c1-27(2,3)22-9-11-24(12-10-22)31-26(32)29(5)23-7-6-8-25(19-23)30-17-16-28(4)15-13-21-14-18-33-20-21/h6-12,14,18-20H,13,15-17H2,1-5H3. The summed E-state index contributed by atoms with van der Waals surface area (Å²) in [5.41, 5.74) is 3.69. The van der Waals surface area contributed by atoms with Gasteiger partial charge in [-0.25, -0.2) is 0 Å². The van der Waals surface area contributed by atoms with Gasteiger partial charge in [-0.05, 0) is 83.3 Å². The molecule has 6 heteroatoms. The summed E-state index contributed by atoms with van der Waals surface area (Å²) in [7, 11) is 4.03. The molecule has 0 aliphatic rings. The lowest BCUT2D eigenvalue weighted by molar-refractivity contribution is 0.239. The molecule has 1 heterocycles. The van der Waals surface area contributed by atoms with Crippen molar-refractivity contribution in [3.8, 4) is 11.5 Å². The SMILES string of the molecule is CN(CCOc1cccc(N(C)C(=S)Oc2ccc(C(C)(C)C)cc2)c1)CCc1ccsc1. The highest BCUT2D eigenvalue weighted by Crippen LogP contribution is 2.25. The van der Waals surface area contributed by atoms with E-state index in [0.717, 1.165) is 36.7 Å². The summed E-state index contributed by atoms with van der Waals surface area (Å²) < 4.78 is 11.9. The van der Waals surface area contributed by atoms with Gasteiger partial charge in [-0.15, -0.1) is 0 Å². The van der Waals surface area contributed by atoms with Crippen LogP contribution in [0.2, 0.25) is 0 Å². The number of ether oxygens (including phenoxy) is 2. The number of hydrogen-bond acceptors (Lipinski definition) is 5. The fourth-order valence-corrected chi connectivity index (χ4v) is 4.17. The fourth-order valence-electron chi connectivity index (χ4n) is 3.27. The smallest absolute Gasteiger partial charge is 0.269 e. The molecule has 4 nitrogen and oxygen atoms in total. The third kappa shape index (κ3) is 7.84. The predicted octanol–water partition coefficient (Wildman–Crippen LogP) is 6.40. The number of thiophene rings is 1. The second-order valence-corrected chi connectivity index (χ2v) is 10.4. The van der Waals surface area contributed by atoms with E-state index in [-0.39, 0.29) is 5.41 Å². The summed E-state index contributed by atoms with van der Waals surface area (Å²) in [6, 6.07) is 18.2. The Kier molecular flexibility index (Phi) is 8.89. The molecule has 3 aromatic rings. The number of hydrogen-bond donors (Lipinski definition) is 0. The molecule has 176 valence electrons. The molecule has 0 spiro atoms. The van der Waals surface area contributed by atoms with Crippen LogP contribution in [0.4, 0.5) is 5.69 Å². The van der Waals surface area contributed by atoms with E-state index in [2.05, 4.69) is 61.7 Å². The zero-order chi connectivity index (χ0) is 23.8. The molecule has 1 aromatic heterocycles. The van der Waals surface area contributed by atoms with Gasteiger partial charge in [-0.1, -0.05) is 39.0 Å². The molecule has 0 fully saturated rings. The van der Waals surface area contributed by atoms with E-state index in [1.54, 1.807) is 11.3 Å². The number of nitrogens with zero attached hydrogens (tertiary/aromatic N) is 2. The van der Waals surface area contributed by atoms with Crippen molar-refractivity contribution in [1.29, 1.82) is 0 Å². The average Bonchev–Trinajstić information content (AvgIpc) is 3.31. The van der Waals surface area contributed by atoms with Gasteiger partial charge in [-0.2, -0.15) is 11.3 Å². The molecule has 0 saturated carbocycles. The lowest BCUT2D eigenvalue weighted by atomic mass is 9.87. The third-order valence-corrected chi connectivity index (χ3v) is 6.60. The van der Waals surface area contributed by atoms with Crippen LogP contribution >= 0.6 is 23.6 Å². The van der Waals surface area contributed by atoms with Crippen LogP contribution in [0.1, 0.15) is 31.9 Å². The second-order valence-electron chi connectivity index (χ2n) is 9.23. The van der Waals surface area contributed by atoms with E-state index in [4.69, 9.17) is 21.7 Å². The summed E-state index contributed by atoms with van der Waals surface area (Å²) in [6.07, 6.45) is 1.07. The van der Waals surface area contributed by atoms with Crippen molar-refractivity contribution >= 4 is 34.4 Å². The van der Waals surface area contributed by atoms with Gasteiger partial charge in [0, 0.05) is 31.9 Å². The highest BCUT2D eigenvalue weighted by molar-refractivity contribution is 7.80. The van der Waals surface area contributed by atoms with Crippen LogP contribution in [-0.4, -0.2) is 43.9 Å². The second kappa shape index (κ2) is 11.6. The van der Waals surface area contributed by atoms with Crippen LogP contribution < -0.4 is 14.4 Å². The van der Waals surface area contributed by atoms with Gasteiger partial charge >= 0.3 is 0 Å². The Hall–Kier alpha value is -2.41. The van der Waals surface area contributed by atoms with Crippen molar-refractivity contribution in [1.82, 2.24) is 4.90 Å². The van der Waals surface area contributed by atoms with E-state index in [1.165, 1.54) is 11.1 Å². The Balaban J connectivity index is 1.48. The molecular formula is C27H34N2O2S2. The first-order valence-corrected chi connectivity index (χ1v) is 12.6. The van der Waals surface area contributed by atoms with Crippen LogP contribution in [0, 0.1) is 0 Å². The Morgan fingerprint density at radius 3 is 2.39 bits per heavy atom. The van der Waals surface area contributed by atoms with Crippen LogP contribution in [0.5, 0.6) is 11.5 Å². The Bertz CT molecular complexity index is 1010. The molecule has 2 aromatic carbocycles. The highest BCUT2D eigenvalue weighted by Gasteiger charge is 2.14. The molecule has 0 aliphatic heterocycles. The molecule has 33 heavy (non-hydrogen) atoms. The maximum absolute atomic E-state index is 6.00. The van der Waals surface area contributed by atoms with Gasteiger partial charge in [0.2, 0.25) is 0 Å². The summed E-state index contributed by atoms with van der Waals surface area (Å²) in [4.78, 5) is 4.15. The lowest BCUT2D eigenvalue weighted by Crippen LogP contribution is -2.29. The highest BCUT2D eigenvalue weighted by atomic mass is 32.1. The van der Waals surface area contributed by atoms with Crippen LogP contribution in [-0.2, 0) is 11.8 Å². The topological polar surface area (TPSA) is 24.9 Å². The summed E-state index contributed by atoms with van der Waals surface area (Å²) in [6.45, 7) is 9.11. The molecule has 0 N–H and O–H groups in total. The van der Waals surface area contributed by atoms with Crippen molar-refractivity contribution in [2.75, 3.05) is 38.7 Å². The van der Waals surface area contributed by atoms with Gasteiger partial charge in [0.05, 0.1) is 0 Å². The summed E-state index contributed by atoms with van der Waals surface area (Å²) in [5, 5.41) is 4.73. The van der Waals surface area contributed by atoms with Gasteiger partial charge in [0.25, 0.3) is 5.17 Å². The van der Waals surface area contributed by atoms with Gasteiger partial charge in [0.1, 0.15) is 18.1 Å². The van der Waals surface area contributed by atoms with Crippen molar-refractivity contribution in [3.05, 3.63) is 76.5 Å². The first kappa shape index (κ1) is 25.2. The van der Waals surface area contributed by atoms with E-state index < -0.39 is 0 Å². The lowest BCUT2D eigenvalue weighted by Gasteiger charge is -2.22. The Morgan fingerprint density at radius 1 is 0.970 bits per heavy atom. The van der Waals surface area contributed by atoms with Crippen molar-refractivity contribution in [2.24, 2.45) is 0 Å². The fraction of sp³-hybridized carbons (Fsp3) is 0.370. The normalized spacial score (nSPS) is 11.5. The van der Waals surface area contributed by atoms with Gasteiger partial charge < -0.3 is 19.3 Å². The zero-order valence-electron chi connectivity index (χ0n) is 20.2. The molecule has 3 rings (SSSR count). The number of rotatable bonds is 9. The number of thiocarbonyl (C=S) groups is 1. The van der Waals surface area contributed by atoms with E-state index in [1.807, 2.05) is 48.3 Å². The minimum atomic E-state index is 0.106. The van der Waals surface area contributed by atoms with Gasteiger partial charge in [0.15, 0.2) is 0 Å². The Morgan fingerprint density at radius 2 is 1.73 bits per heavy atom. The number of anilines is 1. The van der Waals surface area contributed by atoms with E-state index >= 15 is 0 Å². The molecule has 0 radical (unpaired) electrons. The van der Waals surface area contributed by atoms with E-state index in [9.17, 15) is 0 Å². The molecule has 0 amide bonds. The maximum atomic E-state index is 6.00. The third-order valence-electron chi connectivity index (χ3n) is 5.51. The van der Waals surface area contributed by atoms with Gasteiger partial charge in [-0.3, -0.25) is 0 Å². The summed E-state index contributed by atoms with van der Waals surface area (Å²) >= 11 is 7.28. The minimum Gasteiger partial charge on any atom is -0.492 e. The number of likely N-dealkylation sites (N-methyl/N-ethyl adjacent to an activating group) is 1. The van der Waals surface area contributed by atoms with Crippen molar-refractivity contribution in [3.63, 3.8) is 0 Å². The molecule has 0 atom stereocenters. The average molecular weight is 483 g/mol. The minimum absolute atomic E-state index is 0.106. The molecule has 0 bridgehead atoms. The molecule has 0 saturated heterocycles. The van der Waals surface area contributed by atoms with Crippen molar-refractivity contribution in [2.45, 2.75) is 32.6 Å².